The first-order valence-electron chi connectivity index (χ1n) is 10.7. The lowest BCUT2D eigenvalue weighted by Gasteiger charge is -2.16. The van der Waals surface area contributed by atoms with Gasteiger partial charge in [-0.25, -0.2) is 23.1 Å². The minimum absolute atomic E-state index is 0.0281. The van der Waals surface area contributed by atoms with Crippen molar-refractivity contribution < 1.29 is 22.7 Å². The van der Waals surface area contributed by atoms with Crippen molar-refractivity contribution >= 4 is 43.2 Å². The van der Waals surface area contributed by atoms with Crippen LogP contribution in [0, 0.1) is 5.82 Å². The molecule has 3 aromatic heterocycles. The van der Waals surface area contributed by atoms with Crippen LogP contribution in [0.3, 0.4) is 0 Å². The van der Waals surface area contributed by atoms with Gasteiger partial charge in [0.15, 0.2) is 12.1 Å². The molecule has 11 heteroatoms. The molecule has 1 aliphatic rings. The van der Waals surface area contributed by atoms with Gasteiger partial charge in [0.25, 0.3) is 12.0 Å². The largest absolute Gasteiger partial charge is 0.505 e. The number of fused-ring (bicyclic) bond motifs is 3. The second-order valence-electron chi connectivity index (χ2n) is 8.39. The summed E-state index contributed by atoms with van der Waals surface area (Å²) < 4.78 is 48.7. The standard InChI is InChI=1S/C24H15ClF3N3O3S/c25-16-4-3-12-18-23(35-20(12)19(16)32)30-22(31(24(18)33)8-11-7-29-9-34-11)14-6-17(26)15(21(27)28)5-13(14)10-1-2-10/h3-7,9-10,21,32H,1-2,8H2. The van der Waals surface area contributed by atoms with Crippen LogP contribution in [0.4, 0.5) is 13.2 Å². The molecule has 1 N–H and O–H groups in total. The van der Waals surface area contributed by atoms with E-state index in [2.05, 4.69) is 4.98 Å². The molecule has 1 aliphatic carbocycles. The molecule has 3 heterocycles. The van der Waals surface area contributed by atoms with E-state index in [4.69, 9.17) is 21.0 Å². The second-order valence-corrected chi connectivity index (χ2v) is 9.79. The highest BCUT2D eigenvalue weighted by atomic mass is 35.5. The van der Waals surface area contributed by atoms with Gasteiger partial charge in [0.05, 0.1) is 33.4 Å². The summed E-state index contributed by atoms with van der Waals surface area (Å²) in [4.78, 5) is 22.7. The molecule has 5 aromatic rings. The number of halogens is 4. The first-order chi connectivity index (χ1) is 16.8. The predicted octanol–water partition coefficient (Wildman–Crippen LogP) is 6.63. The maximum atomic E-state index is 14.8. The van der Waals surface area contributed by atoms with Gasteiger partial charge >= 0.3 is 0 Å². The number of aromatic nitrogens is 3. The maximum absolute atomic E-state index is 14.8. The van der Waals surface area contributed by atoms with Crippen LogP contribution in [0.1, 0.15) is 42.1 Å². The van der Waals surface area contributed by atoms with Crippen LogP contribution in [0.5, 0.6) is 5.75 Å². The molecule has 0 amide bonds. The summed E-state index contributed by atoms with van der Waals surface area (Å²) in [5.41, 5.74) is -0.337. The fourth-order valence-electron chi connectivity index (χ4n) is 4.31. The van der Waals surface area contributed by atoms with Gasteiger partial charge in [0, 0.05) is 10.9 Å². The molecule has 0 radical (unpaired) electrons. The van der Waals surface area contributed by atoms with Crippen molar-refractivity contribution in [2.75, 3.05) is 0 Å². The number of phenolic OH excluding ortho intramolecular Hbond substituents is 1. The van der Waals surface area contributed by atoms with Gasteiger partial charge < -0.3 is 9.52 Å². The Hall–Kier alpha value is -3.37. The van der Waals surface area contributed by atoms with E-state index in [1.54, 1.807) is 6.07 Å². The fraction of sp³-hybridized carbons (Fsp3) is 0.208. The van der Waals surface area contributed by atoms with Crippen LogP contribution >= 0.6 is 22.9 Å². The van der Waals surface area contributed by atoms with Crippen molar-refractivity contribution in [1.29, 1.82) is 0 Å². The number of benzene rings is 2. The second kappa shape index (κ2) is 8.10. The van der Waals surface area contributed by atoms with Gasteiger partial charge in [-0.1, -0.05) is 17.7 Å². The first kappa shape index (κ1) is 22.1. The van der Waals surface area contributed by atoms with Crippen LogP contribution in [-0.2, 0) is 6.54 Å². The number of thiophene rings is 1. The van der Waals surface area contributed by atoms with Crippen molar-refractivity contribution in [1.82, 2.24) is 14.5 Å². The molecule has 0 atom stereocenters. The van der Waals surface area contributed by atoms with E-state index < -0.39 is 23.4 Å². The van der Waals surface area contributed by atoms with Crippen LogP contribution in [0.25, 0.3) is 31.7 Å². The Kier molecular flexibility index (Phi) is 5.12. The number of aromatic hydroxyl groups is 1. The number of alkyl halides is 2. The number of phenols is 1. The average molecular weight is 518 g/mol. The average Bonchev–Trinajstić information content (AvgIpc) is 3.40. The molecule has 0 aliphatic heterocycles. The summed E-state index contributed by atoms with van der Waals surface area (Å²) in [5, 5.41) is 11.3. The third kappa shape index (κ3) is 3.59. The number of hydrogen-bond donors (Lipinski definition) is 1. The van der Waals surface area contributed by atoms with Crippen LogP contribution in [-0.4, -0.2) is 19.6 Å². The molecule has 178 valence electrons. The lowest BCUT2D eigenvalue weighted by molar-refractivity contribution is 0.146. The minimum Gasteiger partial charge on any atom is -0.505 e. The molecular weight excluding hydrogens is 503 g/mol. The van der Waals surface area contributed by atoms with Crippen molar-refractivity contribution in [3.8, 4) is 17.1 Å². The van der Waals surface area contributed by atoms with Gasteiger partial charge in [0.1, 0.15) is 22.2 Å². The molecule has 0 unspecified atom stereocenters. The fourth-order valence-corrected chi connectivity index (χ4v) is 5.64. The Balaban J connectivity index is 1.69. The van der Waals surface area contributed by atoms with Gasteiger partial charge in [-0.05, 0) is 42.5 Å². The summed E-state index contributed by atoms with van der Waals surface area (Å²) in [5.74, 6) is -0.781. The third-order valence-corrected chi connectivity index (χ3v) is 7.56. The quantitative estimate of drug-likeness (QED) is 0.283. The van der Waals surface area contributed by atoms with E-state index in [0.717, 1.165) is 30.2 Å². The molecule has 1 fully saturated rings. The van der Waals surface area contributed by atoms with E-state index in [0.29, 0.717) is 26.2 Å². The van der Waals surface area contributed by atoms with Crippen LogP contribution in [0.15, 0.2) is 46.1 Å². The Morgan fingerprint density at radius 1 is 1.29 bits per heavy atom. The first-order valence-corrected chi connectivity index (χ1v) is 11.9. The number of oxazole rings is 1. The van der Waals surface area contributed by atoms with Crippen molar-refractivity contribution in [3.63, 3.8) is 0 Å². The third-order valence-electron chi connectivity index (χ3n) is 6.15. The van der Waals surface area contributed by atoms with Gasteiger partial charge in [-0.3, -0.25) is 9.36 Å². The van der Waals surface area contributed by atoms with E-state index in [1.807, 2.05) is 0 Å². The van der Waals surface area contributed by atoms with E-state index in [9.17, 15) is 23.1 Å². The highest BCUT2D eigenvalue weighted by Gasteiger charge is 2.31. The minimum atomic E-state index is -2.97. The Morgan fingerprint density at radius 2 is 2.09 bits per heavy atom. The van der Waals surface area contributed by atoms with Crippen molar-refractivity contribution in [2.24, 2.45) is 0 Å². The molecule has 1 saturated carbocycles. The van der Waals surface area contributed by atoms with E-state index >= 15 is 0 Å². The maximum Gasteiger partial charge on any atom is 0.266 e. The number of rotatable bonds is 5. The van der Waals surface area contributed by atoms with Crippen molar-refractivity contribution in [3.05, 3.63) is 74.9 Å². The lowest BCUT2D eigenvalue weighted by atomic mass is 9.98. The molecule has 2 aromatic carbocycles. The highest BCUT2D eigenvalue weighted by Crippen LogP contribution is 2.47. The summed E-state index contributed by atoms with van der Waals surface area (Å²) >= 11 is 7.14. The van der Waals surface area contributed by atoms with Crippen LogP contribution in [0.2, 0.25) is 5.02 Å². The van der Waals surface area contributed by atoms with Gasteiger partial charge in [0.2, 0.25) is 0 Å². The Labute approximate surface area is 204 Å². The molecule has 0 spiro atoms. The van der Waals surface area contributed by atoms with E-state index in [-0.39, 0.29) is 40.0 Å². The monoisotopic (exact) mass is 517 g/mol. The molecule has 0 bridgehead atoms. The summed E-state index contributed by atoms with van der Waals surface area (Å²) in [6.45, 7) is -0.0592. The van der Waals surface area contributed by atoms with Crippen molar-refractivity contribution in [2.45, 2.75) is 31.7 Å². The molecular formula is C24H15ClF3N3O3S. The zero-order valence-electron chi connectivity index (χ0n) is 17.8. The molecule has 35 heavy (non-hydrogen) atoms. The molecule has 6 rings (SSSR count). The normalized spacial score (nSPS) is 14.0. The molecule has 6 nitrogen and oxygen atoms in total. The van der Waals surface area contributed by atoms with Gasteiger partial charge in [-0.2, -0.15) is 0 Å². The number of nitrogens with zero attached hydrogens (tertiary/aromatic N) is 3. The zero-order valence-corrected chi connectivity index (χ0v) is 19.3. The predicted molar refractivity (Wildman–Crippen MR) is 126 cm³/mol. The lowest BCUT2D eigenvalue weighted by Crippen LogP contribution is -2.24. The summed E-state index contributed by atoms with van der Waals surface area (Å²) in [6.07, 6.45) is 1.23. The van der Waals surface area contributed by atoms with Crippen LogP contribution < -0.4 is 5.56 Å². The smallest absolute Gasteiger partial charge is 0.266 e. The summed E-state index contributed by atoms with van der Waals surface area (Å²) in [6, 6.07) is 5.33. The zero-order chi connectivity index (χ0) is 24.4. The molecule has 0 saturated heterocycles. The Bertz CT molecular complexity index is 1680. The number of hydrogen-bond acceptors (Lipinski definition) is 6. The SMILES string of the molecule is O=c1c2c(nc(-c3cc(F)c(C(F)F)cc3C3CC3)n1Cc1cnco1)sc1c(O)c(Cl)ccc12. The topological polar surface area (TPSA) is 81.2 Å². The Morgan fingerprint density at radius 3 is 2.77 bits per heavy atom. The van der Waals surface area contributed by atoms with Gasteiger partial charge in [-0.15, -0.1) is 11.3 Å². The van der Waals surface area contributed by atoms with E-state index in [1.165, 1.54) is 29.3 Å². The summed E-state index contributed by atoms with van der Waals surface area (Å²) in [7, 11) is 0. The highest BCUT2D eigenvalue weighted by molar-refractivity contribution is 7.25.